The van der Waals surface area contributed by atoms with Crippen LogP contribution in [0.2, 0.25) is 6.04 Å². The van der Waals surface area contributed by atoms with Gasteiger partial charge in [-0.1, -0.05) is 55.4 Å². The van der Waals surface area contributed by atoms with Gasteiger partial charge in [0.2, 0.25) is 0 Å². The van der Waals surface area contributed by atoms with E-state index in [1.54, 1.807) is 0 Å². The molecule has 127 valence electrons. The monoisotopic (exact) mass is 517 g/mol. The molecule has 5 aromatic rings. The van der Waals surface area contributed by atoms with Crippen LogP contribution in [0.5, 0.6) is 0 Å². The maximum absolute atomic E-state index is 3.18. The summed E-state index contributed by atoms with van der Waals surface area (Å²) in [5.41, 5.74) is 0. The number of fused-ring (bicyclic) bond motifs is 4. The first kappa shape index (κ1) is 20.5. The minimum Gasteiger partial charge on any atom is -0.168 e. The zero-order chi connectivity index (χ0) is 17.5. The second kappa shape index (κ2) is 10.4. The van der Waals surface area contributed by atoms with Gasteiger partial charge < -0.3 is 0 Å². The molecule has 3 radical (unpaired) electrons. The van der Waals surface area contributed by atoms with Gasteiger partial charge in [0.25, 0.3) is 0 Å². The molecule has 0 bridgehead atoms. The van der Waals surface area contributed by atoms with Crippen molar-refractivity contribution in [1.29, 1.82) is 0 Å². The quantitative estimate of drug-likeness (QED) is 0.156. The topological polar surface area (TPSA) is 0 Å². The van der Waals surface area contributed by atoms with E-state index in [1.807, 2.05) is 6.92 Å². The summed E-state index contributed by atoms with van der Waals surface area (Å²) in [6, 6.07) is 35.0. The Morgan fingerprint density at radius 3 is 1.69 bits per heavy atom. The Kier molecular flexibility index (Phi) is 8.21. The van der Waals surface area contributed by atoms with Crippen LogP contribution in [0.4, 0.5) is 0 Å². The third-order valence-corrected chi connectivity index (χ3v) is 4.07. The van der Waals surface area contributed by atoms with Gasteiger partial charge in [-0.3, -0.25) is 0 Å². The summed E-state index contributed by atoms with van der Waals surface area (Å²) < 4.78 is 0. The van der Waals surface area contributed by atoms with Crippen LogP contribution >= 0.6 is 0 Å². The summed E-state index contributed by atoms with van der Waals surface area (Å²) in [5.74, 6) is 0. The molecule has 26 heavy (non-hydrogen) atoms. The number of benzene rings is 3. The average molecular weight is 516 g/mol. The Morgan fingerprint density at radius 2 is 1.15 bits per heavy atom. The molecule has 0 aliphatic rings. The van der Waals surface area contributed by atoms with Crippen LogP contribution in [0.1, 0.15) is 6.92 Å². The fraction of sp³-hybridized carbons (Fsp3) is 0.0833. The van der Waals surface area contributed by atoms with Gasteiger partial charge in [-0.2, -0.15) is 17.5 Å². The Labute approximate surface area is 177 Å². The molecule has 0 aromatic heterocycles. The van der Waals surface area contributed by atoms with Crippen molar-refractivity contribution in [3.8, 4) is 0 Å². The molecular weight excluding hydrogens is 495 g/mol. The first-order valence-corrected chi connectivity index (χ1v) is 9.32. The first-order chi connectivity index (χ1) is 12.3. The molecule has 0 atom stereocenters. The Balaban J connectivity index is 0.000000165. The molecule has 5 aromatic carbocycles. The van der Waals surface area contributed by atoms with Crippen molar-refractivity contribution in [2.45, 2.75) is 13.0 Å². The zero-order valence-electron chi connectivity index (χ0n) is 14.9. The summed E-state index contributed by atoms with van der Waals surface area (Å²) in [7, 11) is 3.18. The third-order valence-electron chi connectivity index (χ3n) is 4.07. The van der Waals surface area contributed by atoms with Crippen molar-refractivity contribution >= 4 is 42.6 Å². The maximum atomic E-state index is 3.18. The fourth-order valence-electron chi connectivity index (χ4n) is 2.97. The molecule has 0 aliphatic heterocycles. The van der Waals surface area contributed by atoms with Gasteiger partial charge in [-0.15, -0.1) is 69.4 Å². The SMILES string of the molecule is CC[Si].[Hf].c1ccc2[cH-]ccc2c1.c1ccc2c(c1)[cH-]c1ccccc12. The van der Waals surface area contributed by atoms with Crippen molar-refractivity contribution < 1.29 is 25.8 Å². The minimum absolute atomic E-state index is 0. The van der Waals surface area contributed by atoms with Gasteiger partial charge in [0.05, 0.1) is 0 Å². The molecule has 0 amide bonds. The van der Waals surface area contributed by atoms with E-state index in [0.29, 0.717) is 0 Å². The van der Waals surface area contributed by atoms with Gasteiger partial charge in [-0.05, 0) is 0 Å². The molecule has 0 saturated heterocycles. The molecule has 5 rings (SSSR count). The molecule has 0 fully saturated rings. The summed E-state index contributed by atoms with van der Waals surface area (Å²) in [6.45, 7) is 2.04. The summed E-state index contributed by atoms with van der Waals surface area (Å²) in [4.78, 5) is 0. The van der Waals surface area contributed by atoms with Gasteiger partial charge in [0.1, 0.15) is 0 Å². The van der Waals surface area contributed by atoms with Crippen LogP contribution in [0.3, 0.4) is 0 Å². The normalized spacial score (nSPS) is 9.77. The molecular formula is C24H21HfSi-2. The predicted molar refractivity (Wildman–Crippen MR) is 113 cm³/mol. The second-order valence-corrected chi connectivity index (χ2v) is 6.53. The van der Waals surface area contributed by atoms with Crippen LogP contribution in [0.15, 0.2) is 97.1 Å². The maximum Gasteiger partial charge on any atom is 0.0219 e. The summed E-state index contributed by atoms with van der Waals surface area (Å²) in [5, 5.41) is 8.05. The van der Waals surface area contributed by atoms with Crippen LogP contribution in [0, 0.1) is 0 Å². The molecule has 0 aliphatic carbocycles. The van der Waals surface area contributed by atoms with E-state index < -0.39 is 0 Å². The molecule has 0 unspecified atom stereocenters. The van der Waals surface area contributed by atoms with Crippen molar-refractivity contribution in [3.05, 3.63) is 97.1 Å². The number of hydrogen-bond acceptors (Lipinski definition) is 0. The van der Waals surface area contributed by atoms with E-state index in [1.165, 1.54) is 32.3 Å². The molecule has 2 heteroatoms. The fourth-order valence-corrected chi connectivity index (χ4v) is 2.97. The largest absolute Gasteiger partial charge is 0.168 e. The van der Waals surface area contributed by atoms with E-state index in [-0.39, 0.29) is 25.8 Å². The van der Waals surface area contributed by atoms with E-state index in [0.717, 1.165) is 6.04 Å². The molecule has 0 spiro atoms. The summed E-state index contributed by atoms with van der Waals surface area (Å²) >= 11 is 0. The van der Waals surface area contributed by atoms with Crippen LogP contribution in [-0.2, 0) is 25.8 Å². The van der Waals surface area contributed by atoms with Crippen molar-refractivity contribution in [1.82, 2.24) is 0 Å². The second-order valence-electron chi connectivity index (χ2n) is 5.83. The first-order valence-electron chi connectivity index (χ1n) is 8.61. The number of rotatable bonds is 0. The van der Waals surface area contributed by atoms with Crippen LogP contribution in [-0.4, -0.2) is 10.2 Å². The van der Waals surface area contributed by atoms with E-state index >= 15 is 0 Å². The molecule has 0 saturated carbocycles. The standard InChI is InChI=1S/C13H9.C9H7.C2H5Si.Hf/c1-3-7-12-10(5-1)9-11-6-2-4-8-13(11)12;1-2-5-9-7-3-6-8(9)4-1;1-2-3;/h1-9H;1-7H;2H2,1H3;/q2*-1;;. The van der Waals surface area contributed by atoms with Crippen molar-refractivity contribution in [2.24, 2.45) is 0 Å². The van der Waals surface area contributed by atoms with Gasteiger partial charge >= 0.3 is 0 Å². The predicted octanol–water partition coefficient (Wildman–Crippen LogP) is 6.86. The minimum atomic E-state index is 0. The molecule has 0 heterocycles. The zero-order valence-corrected chi connectivity index (χ0v) is 19.5. The summed E-state index contributed by atoms with van der Waals surface area (Å²) in [6.07, 6.45) is 0. The van der Waals surface area contributed by atoms with Gasteiger partial charge in [0.15, 0.2) is 0 Å². The van der Waals surface area contributed by atoms with Crippen molar-refractivity contribution in [2.75, 3.05) is 0 Å². The Bertz CT molecular complexity index is 975. The third kappa shape index (κ3) is 4.90. The van der Waals surface area contributed by atoms with Gasteiger partial charge in [0, 0.05) is 36.1 Å². The van der Waals surface area contributed by atoms with E-state index in [4.69, 9.17) is 0 Å². The Morgan fingerprint density at radius 1 is 0.692 bits per heavy atom. The molecule has 0 nitrogen and oxygen atoms in total. The van der Waals surface area contributed by atoms with Crippen LogP contribution < -0.4 is 0 Å². The van der Waals surface area contributed by atoms with E-state index in [2.05, 4.69) is 107 Å². The number of hydrogen-bond donors (Lipinski definition) is 0. The van der Waals surface area contributed by atoms with Gasteiger partial charge in [-0.25, -0.2) is 0 Å². The van der Waals surface area contributed by atoms with Crippen LogP contribution in [0.25, 0.3) is 32.3 Å². The average Bonchev–Trinajstić information content (AvgIpc) is 3.27. The smallest absolute Gasteiger partial charge is 0.0219 e. The Hall–Kier alpha value is -1.77. The van der Waals surface area contributed by atoms with Crippen molar-refractivity contribution in [3.63, 3.8) is 0 Å². The van der Waals surface area contributed by atoms with E-state index in [9.17, 15) is 0 Å². The molecule has 0 N–H and O–H groups in total.